The maximum Gasteiger partial charge on any atom is 0.162 e. The minimum Gasteiger partial charge on any atom is -0.327 e. The Balaban J connectivity index is 2.77. The zero-order chi connectivity index (χ0) is 10.6. The summed E-state index contributed by atoms with van der Waals surface area (Å²) in [4.78, 5) is 0. The number of halogens is 2. The summed E-state index contributed by atoms with van der Waals surface area (Å²) in [6.07, 6.45) is 5.67. The SMILES string of the molecule is C#CCC(N)Cc1cccc(F)c1F. The van der Waals surface area contributed by atoms with Gasteiger partial charge in [-0.05, 0) is 18.1 Å². The lowest BCUT2D eigenvalue weighted by molar-refractivity contribution is 0.493. The van der Waals surface area contributed by atoms with Crippen LogP contribution in [0, 0.1) is 24.0 Å². The van der Waals surface area contributed by atoms with Crippen molar-refractivity contribution >= 4 is 0 Å². The molecule has 14 heavy (non-hydrogen) atoms. The summed E-state index contributed by atoms with van der Waals surface area (Å²) in [6, 6.07) is 3.72. The lowest BCUT2D eigenvalue weighted by Gasteiger charge is -2.08. The predicted octanol–water partition coefficient (Wildman–Crippen LogP) is 1.86. The lowest BCUT2D eigenvalue weighted by atomic mass is 10.0. The molecule has 0 radical (unpaired) electrons. The third-order valence-electron chi connectivity index (χ3n) is 1.89. The van der Waals surface area contributed by atoms with Crippen molar-refractivity contribution in [2.24, 2.45) is 5.73 Å². The van der Waals surface area contributed by atoms with E-state index in [-0.39, 0.29) is 18.0 Å². The van der Waals surface area contributed by atoms with Crippen LogP contribution in [0.25, 0.3) is 0 Å². The molecule has 0 aliphatic carbocycles. The van der Waals surface area contributed by atoms with Crippen LogP contribution in [0.15, 0.2) is 18.2 Å². The fourth-order valence-electron chi connectivity index (χ4n) is 1.21. The fraction of sp³-hybridized carbons (Fsp3) is 0.273. The first kappa shape index (κ1) is 10.7. The molecule has 0 fully saturated rings. The molecule has 0 saturated carbocycles. The number of nitrogens with two attached hydrogens (primary N) is 1. The minimum absolute atomic E-state index is 0.258. The smallest absolute Gasteiger partial charge is 0.162 e. The average Bonchev–Trinajstić information content (AvgIpc) is 2.13. The van der Waals surface area contributed by atoms with Gasteiger partial charge in [0.2, 0.25) is 0 Å². The van der Waals surface area contributed by atoms with Gasteiger partial charge >= 0.3 is 0 Å². The van der Waals surface area contributed by atoms with Gasteiger partial charge in [-0.3, -0.25) is 0 Å². The molecule has 1 aromatic carbocycles. The van der Waals surface area contributed by atoms with Gasteiger partial charge in [-0.1, -0.05) is 12.1 Å². The monoisotopic (exact) mass is 195 g/mol. The van der Waals surface area contributed by atoms with E-state index in [0.29, 0.717) is 6.42 Å². The molecule has 1 aromatic rings. The van der Waals surface area contributed by atoms with Crippen LogP contribution in [-0.4, -0.2) is 6.04 Å². The third-order valence-corrected chi connectivity index (χ3v) is 1.89. The highest BCUT2D eigenvalue weighted by Gasteiger charge is 2.10. The largest absolute Gasteiger partial charge is 0.327 e. The van der Waals surface area contributed by atoms with Crippen LogP contribution in [0.5, 0.6) is 0 Å². The standard InChI is InChI=1S/C11H11F2N/c1-2-4-9(14)7-8-5-3-6-10(12)11(8)13/h1,3,5-6,9H,4,7,14H2. The number of rotatable bonds is 3. The van der Waals surface area contributed by atoms with Crippen molar-refractivity contribution in [1.82, 2.24) is 0 Å². The Kier molecular flexibility index (Phi) is 3.61. The Morgan fingerprint density at radius 1 is 1.43 bits per heavy atom. The summed E-state index contributed by atoms with van der Waals surface area (Å²) in [5.74, 6) is 0.696. The molecular weight excluding hydrogens is 184 g/mol. The summed E-state index contributed by atoms with van der Waals surface area (Å²) < 4.78 is 25.9. The Labute approximate surface area is 81.9 Å². The first-order chi connectivity index (χ1) is 6.65. The molecule has 1 unspecified atom stereocenters. The normalized spacial score (nSPS) is 12.1. The number of terminal acetylenes is 1. The first-order valence-corrected chi connectivity index (χ1v) is 4.27. The molecule has 0 bridgehead atoms. The minimum atomic E-state index is -0.851. The molecule has 3 heteroatoms. The zero-order valence-corrected chi connectivity index (χ0v) is 7.63. The quantitative estimate of drug-likeness (QED) is 0.732. The summed E-state index contributed by atoms with van der Waals surface area (Å²) >= 11 is 0. The molecule has 0 aromatic heterocycles. The molecule has 0 amide bonds. The fourth-order valence-corrected chi connectivity index (χ4v) is 1.21. The average molecular weight is 195 g/mol. The highest BCUT2D eigenvalue weighted by atomic mass is 19.2. The molecule has 0 saturated heterocycles. The van der Waals surface area contributed by atoms with E-state index in [1.54, 1.807) is 0 Å². The van der Waals surface area contributed by atoms with Crippen molar-refractivity contribution in [2.75, 3.05) is 0 Å². The molecule has 1 nitrogen and oxygen atoms in total. The van der Waals surface area contributed by atoms with Crippen LogP contribution < -0.4 is 5.73 Å². The first-order valence-electron chi connectivity index (χ1n) is 4.27. The third kappa shape index (κ3) is 2.54. The second kappa shape index (κ2) is 4.73. The topological polar surface area (TPSA) is 26.0 Å². The van der Waals surface area contributed by atoms with Gasteiger partial charge in [-0.2, -0.15) is 0 Å². The second-order valence-electron chi connectivity index (χ2n) is 3.09. The van der Waals surface area contributed by atoms with E-state index in [9.17, 15) is 8.78 Å². The van der Waals surface area contributed by atoms with Crippen LogP contribution in [0.1, 0.15) is 12.0 Å². The Bertz CT molecular complexity index is 355. The molecule has 0 heterocycles. The van der Waals surface area contributed by atoms with Crippen LogP contribution in [0.2, 0.25) is 0 Å². The van der Waals surface area contributed by atoms with Gasteiger partial charge in [0.1, 0.15) is 0 Å². The van der Waals surface area contributed by atoms with Gasteiger partial charge in [0.15, 0.2) is 11.6 Å². The van der Waals surface area contributed by atoms with Crippen molar-refractivity contribution in [1.29, 1.82) is 0 Å². The van der Waals surface area contributed by atoms with Gasteiger partial charge in [0, 0.05) is 12.5 Å². The molecule has 1 atom stereocenters. The second-order valence-corrected chi connectivity index (χ2v) is 3.09. The summed E-state index contributed by atoms with van der Waals surface area (Å²) in [6.45, 7) is 0. The van der Waals surface area contributed by atoms with Crippen molar-refractivity contribution < 1.29 is 8.78 Å². The van der Waals surface area contributed by atoms with E-state index in [2.05, 4.69) is 5.92 Å². The highest BCUT2D eigenvalue weighted by Crippen LogP contribution is 2.13. The van der Waals surface area contributed by atoms with E-state index in [0.717, 1.165) is 6.07 Å². The lowest BCUT2D eigenvalue weighted by Crippen LogP contribution is -2.22. The number of hydrogen-bond acceptors (Lipinski definition) is 1. The summed E-state index contributed by atoms with van der Waals surface area (Å²) in [5, 5.41) is 0. The van der Waals surface area contributed by atoms with E-state index < -0.39 is 11.6 Å². The molecule has 1 rings (SSSR count). The number of hydrogen-bond donors (Lipinski definition) is 1. The maximum atomic E-state index is 13.1. The van der Waals surface area contributed by atoms with Gasteiger partial charge in [-0.15, -0.1) is 12.3 Å². The van der Waals surface area contributed by atoms with Crippen LogP contribution in [-0.2, 0) is 6.42 Å². The zero-order valence-electron chi connectivity index (χ0n) is 7.63. The molecule has 74 valence electrons. The predicted molar refractivity (Wildman–Crippen MR) is 51.5 cm³/mol. The Morgan fingerprint density at radius 2 is 2.14 bits per heavy atom. The molecule has 0 spiro atoms. The van der Waals surface area contributed by atoms with E-state index in [4.69, 9.17) is 12.2 Å². The summed E-state index contributed by atoms with van der Waals surface area (Å²) in [5.41, 5.74) is 5.87. The van der Waals surface area contributed by atoms with E-state index >= 15 is 0 Å². The van der Waals surface area contributed by atoms with E-state index in [1.165, 1.54) is 12.1 Å². The molecule has 0 aliphatic heterocycles. The molecule has 2 N–H and O–H groups in total. The van der Waals surface area contributed by atoms with Crippen molar-refractivity contribution in [3.05, 3.63) is 35.4 Å². The maximum absolute atomic E-state index is 13.1. The Hall–Kier alpha value is -1.40. The van der Waals surface area contributed by atoms with Crippen molar-refractivity contribution in [2.45, 2.75) is 18.9 Å². The number of benzene rings is 1. The molecular formula is C11H11F2N. The van der Waals surface area contributed by atoms with Crippen molar-refractivity contribution in [3.63, 3.8) is 0 Å². The van der Waals surface area contributed by atoms with Gasteiger partial charge in [0.05, 0.1) is 0 Å². The molecule has 0 aliphatic rings. The van der Waals surface area contributed by atoms with Gasteiger partial charge in [-0.25, -0.2) is 8.78 Å². The van der Waals surface area contributed by atoms with Crippen molar-refractivity contribution in [3.8, 4) is 12.3 Å². The van der Waals surface area contributed by atoms with Crippen LogP contribution >= 0.6 is 0 Å². The van der Waals surface area contributed by atoms with Crippen LogP contribution in [0.4, 0.5) is 8.78 Å². The Morgan fingerprint density at radius 3 is 2.79 bits per heavy atom. The van der Waals surface area contributed by atoms with E-state index in [1.807, 2.05) is 0 Å². The van der Waals surface area contributed by atoms with Crippen LogP contribution in [0.3, 0.4) is 0 Å². The van der Waals surface area contributed by atoms with Gasteiger partial charge in [0.25, 0.3) is 0 Å². The van der Waals surface area contributed by atoms with Gasteiger partial charge < -0.3 is 5.73 Å². The summed E-state index contributed by atoms with van der Waals surface area (Å²) in [7, 11) is 0. The highest BCUT2D eigenvalue weighted by molar-refractivity contribution is 5.20.